The zero-order chi connectivity index (χ0) is 50.4. The number of hydrogen-bond donors (Lipinski definition) is 0. The summed E-state index contributed by atoms with van der Waals surface area (Å²) < 4.78 is 4.49. The fourth-order valence-electron chi connectivity index (χ4n) is 10.7. The van der Waals surface area contributed by atoms with Gasteiger partial charge in [-0.3, -0.25) is 9.13 Å². The number of nitrogens with zero attached hydrogens (tertiary/aromatic N) is 6. The van der Waals surface area contributed by atoms with Crippen LogP contribution in [0.15, 0.2) is 279 Å². The molecule has 76 heavy (non-hydrogen) atoms. The molecule has 0 unspecified atom stereocenters. The maximum Gasteiger partial charge on any atom is 0.160 e. The van der Waals surface area contributed by atoms with E-state index in [1.54, 1.807) is 0 Å². The highest BCUT2D eigenvalue weighted by Crippen LogP contribution is 2.42. The van der Waals surface area contributed by atoms with Crippen LogP contribution >= 0.6 is 0 Å². The van der Waals surface area contributed by atoms with Gasteiger partial charge in [-0.2, -0.15) is 0 Å². The van der Waals surface area contributed by atoms with Crippen LogP contribution < -0.4 is 0 Å². The Morgan fingerprint density at radius 3 is 1.17 bits per heavy atom. The molecule has 0 aliphatic rings. The lowest BCUT2D eigenvalue weighted by Crippen LogP contribution is -1.99. The number of imidazole rings is 2. The van der Waals surface area contributed by atoms with Crippen molar-refractivity contribution in [2.45, 2.75) is 0 Å². The zero-order valence-electron chi connectivity index (χ0n) is 41.2. The molecule has 0 atom stereocenters. The number of para-hydroxylation sites is 2. The molecule has 14 rings (SSSR count). The Morgan fingerprint density at radius 1 is 0.250 bits per heavy atom. The summed E-state index contributed by atoms with van der Waals surface area (Å²) in [6, 6.07) is 98.1. The highest BCUT2D eigenvalue weighted by molar-refractivity contribution is 6.06. The summed E-state index contributed by atoms with van der Waals surface area (Å²) in [6.07, 6.45) is 0. The van der Waals surface area contributed by atoms with Gasteiger partial charge in [0.2, 0.25) is 0 Å². The van der Waals surface area contributed by atoms with E-state index >= 15 is 0 Å². The van der Waals surface area contributed by atoms with Gasteiger partial charge in [-0.05, 0) is 118 Å². The number of benzene rings is 11. The first kappa shape index (κ1) is 44.4. The fraction of sp³-hybridized carbons (Fsp3) is 0. The van der Waals surface area contributed by atoms with E-state index in [1.165, 1.54) is 0 Å². The Balaban J connectivity index is 1.04. The molecule has 0 radical (unpaired) electrons. The minimum absolute atomic E-state index is 0.596. The topological polar surface area (TPSA) is 61.4 Å². The van der Waals surface area contributed by atoms with Crippen molar-refractivity contribution in [1.29, 1.82) is 0 Å². The summed E-state index contributed by atoms with van der Waals surface area (Å²) in [7, 11) is 0. The van der Waals surface area contributed by atoms with Gasteiger partial charge in [-0.1, -0.05) is 200 Å². The van der Waals surface area contributed by atoms with E-state index in [4.69, 9.17) is 19.9 Å². The molecule has 0 aliphatic carbocycles. The van der Waals surface area contributed by atoms with E-state index in [2.05, 4.69) is 264 Å². The molecule has 0 amide bonds. The van der Waals surface area contributed by atoms with Gasteiger partial charge in [-0.25, -0.2) is 19.9 Å². The van der Waals surface area contributed by atoms with Crippen LogP contribution in [0.1, 0.15) is 0 Å². The van der Waals surface area contributed by atoms with Crippen LogP contribution in [0.25, 0.3) is 134 Å². The van der Waals surface area contributed by atoms with Crippen molar-refractivity contribution in [1.82, 2.24) is 29.1 Å². The molecule has 0 N–H and O–H groups in total. The molecule has 0 spiro atoms. The molecule has 6 nitrogen and oxygen atoms in total. The molecule has 14 aromatic rings. The Morgan fingerprint density at radius 2 is 0.658 bits per heavy atom. The van der Waals surface area contributed by atoms with Crippen molar-refractivity contribution in [3.63, 3.8) is 0 Å². The van der Waals surface area contributed by atoms with Gasteiger partial charge in [0.05, 0.1) is 33.3 Å². The largest absolute Gasteiger partial charge is 0.292 e. The third kappa shape index (κ3) is 8.11. The van der Waals surface area contributed by atoms with Gasteiger partial charge in [0.25, 0.3) is 0 Å². The predicted octanol–water partition coefficient (Wildman–Crippen LogP) is 17.6. The Bertz CT molecular complexity index is 4420. The zero-order valence-corrected chi connectivity index (χ0v) is 41.2. The van der Waals surface area contributed by atoms with Crippen LogP contribution in [0.4, 0.5) is 0 Å². The first-order valence-corrected chi connectivity index (χ1v) is 25.6. The first-order chi connectivity index (χ1) is 37.7. The minimum atomic E-state index is 0.596. The maximum absolute atomic E-state index is 5.67. The van der Waals surface area contributed by atoms with Crippen LogP contribution in [0.5, 0.6) is 0 Å². The first-order valence-electron chi connectivity index (χ1n) is 25.6. The lowest BCUT2D eigenvalue weighted by Gasteiger charge is -2.16. The number of fused-ring (bicyclic) bond motifs is 3. The highest BCUT2D eigenvalue weighted by Gasteiger charge is 2.22. The molecule has 3 heterocycles. The van der Waals surface area contributed by atoms with Crippen molar-refractivity contribution < 1.29 is 0 Å². The van der Waals surface area contributed by atoms with Gasteiger partial charge in [0, 0.05) is 44.6 Å². The summed E-state index contributed by atoms with van der Waals surface area (Å²) in [5.74, 6) is 2.33. The van der Waals surface area contributed by atoms with Crippen molar-refractivity contribution in [2.75, 3.05) is 0 Å². The Hall–Kier alpha value is -10.3. The van der Waals surface area contributed by atoms with E-state index in [-0.39, 0.29) is 0 Å². The summed E-state index contributed by atoms with van der Waals surface area (Å²) >= 11 is 0. The molecule has 356 valence electrons. The molecular weight excluding hydrogens is 925 g/mol. The van der Waals surface area contributed by atoms with Crippen LogP contribution in [0.2, 0.25) is 0 Å². The van der Waals surface area contributed by atoms with Gasteiger partial charge < -0.3 is 0 Å². The molecule has 11 aromatic carbocycles. The summed E-state index contributed by atoms with van der Waals surface area (Å²) in [5, 5.41) is 0.928. The lowest BCUT2D eigenvalue weighted by molar-refractivity contribution is 1.10. The smallest absolute Gasteiger partial charge is 0.160 e. The van der Waals surface area contributed by atoms with Crippen LogP contribution in [-0.4, -0.2) is 29.1 Å². The average Bonchev–Trinajstić information content (AvgIpc) is 4.10. The number of aromatic nitrogens is 6. The van der Waals surface area contributed by atoms with Crippen molar-refractivity contribution in [3.8, 4) is 101 Å². The summed E-state index contributed by atoms with van der Waals surface area (Å²) in [4.78, 5) is 22.1. The standard InChI is InChI=1S/C70H46N6/c1-7-21-47(22-8-1)51-29-19-31-53(41-51)57-43-60(54-32-20-30-52(42-54)48-23-9-2-10-24-48)67-61(44-57)66(55-37-39-64-62(45-55)71-69(49-25-11-3-12-26-49)75(64)58-33-15-5-16-34-58)73-68(74-67)56-38-40-65-63(46-56)72-70(50-27-13-4-14-28-50)76(65)59-35-17-6-18-36-59/h1-46H. The van der Waals surface area contributed by atoms with Crippen LogP contribution in [0, 0.1) is 0 Å². The monoisotopic (exact) mass is 970 g/mol. The Labute approximate surface area is 440 Å². The van der Waals surface area contributed by atoms with E-state index in [0.717, 1.165) is 128 Å². The number of hydrogen-bond acceptors (Lipinski definition) is 4. The number of rotatable bonds is 10. The highest BCUT2D eigenvalue weighted by atomic mass is 15.1. The van der Waals surface area contributed by atoms with Crippen molar-refractivity contribution in [2.24, 2.45) is 0 Å². The normalized spacial score (nSPS) is 11.4. The quantitative estimate of drug-likeness (QED) is 0.137. The van der Waals surface area contributed by atoms with Gasteiger partial charge in [0.15, 0.2) is 5.82 Å². The fourth-order valence-corrected chi connectivity index (χ4v) is 10.7. The van der Waals surface area contributed by atoms with Crippen LogP contribution in [0.3, 0.4) is 0 Å². The maximum atomic E-state index is 5.67. The Kier molecular flexibility index (Phi) is 11.1. The van der Waals surface area contributed by atoms with Crippen LogP contribution in [-0.2, 0) is 0 Å². The second-order valence-corrected chi connectivity index (χ2v) is 19.1. The van der Waals surface area contributed by atoms with Gasteiger partial charge in [0.1, 0.15) is 11.6 Å². The van der Waals surface area contributed by atoms with Crippen molar-refractivity contribution >= 4 is 33.0 Å². The SMILES string of the molecule is c1ccc(-c2cccc(-c3cc(-c4cccc(-c5ccccc5)c4)c4nc(-c5ccc6c(c5)nc(-c5ccccc5)n6-c5ccccc5)nc(-c5ccc6c(c5)nc(-c5ccccc5)n6-c5ccccc5)c4c3)c2)cc1. The molecule has 0 saturated carbocycles. The van der Waals surface area contributed by atoms with Gasteiger partial charge >= 0.3 is 0 Å². The average molecular weight is 971 g/mol. The second-order valence-electron chi connectivity index (χ2n) is 19.1. The minimum Gasteiger partial charge on any atom is -0.292 e. The third-order valence-corrected chi connectivity index (χ3v) is 14.3. The van der Waals surface area contributed by atoms with E-state index in [9.17, 15) is 0 Å². The molecular formula is C70H46N6. The van der Waals surface area contributed by atoms with Gasteiger partial charge in [-0.15, -0.1) is 0 Å². The lowest BCUT2D eigenvalue weighted by atomic mass is 9.91. The predicted molar refractivity (Wildman–Crippen MR) is 312 cm³/mol. The molecule has 0 aliphatic heterocycles. The molecule has 0 saturated heterocycles. The molecule has 0 bridgehead atoms. The molecule has 0 fully saturated rings. The molecule has 6 heteroatoms. The van der Waals surface area contributed by atoms with E-state index in [1.807, 2.05) is 24.3 Å². The third-order valence-electron chi connectivity index (χ3n) is 14.3. The van der Waals surface area contributed by atoms with Crippen molar-refractivity contribution in [3.05, 3.63) is 279 Å². The van der Waals surface area contributed by atoms with E-state index < -0.39 is 0 Å². The summed E-state index contributed by atoms with van der Waals surface area (Å²) in [5.41, 5.74) is 20.0. The second kappa shape index (κ2) is 19.0. The molecule has 3 aromatic heterocycles. The van der Waals surface area contributed by atoms with E-state index in [0.29, 0.717) is 5.82 Å². The summed E-state index contributed by atoms with van der Waals surface area (Å²) in [6.45, 7) is 0.